The number of carbonyl (C=O) groups excluding carboxylic acids is 1. The molecule has 2 aromatic heterocycles. The first-order valence-corrected chi connectivity index (χ1v) is 14.0. The van der Waals surface area contributed by atoms with E-state index < -0.39 is 23.1 Å². The molecule has 3 N–H and O–H groups in total. The minimum atomic E-state index is -0.822. The normalized spacial score (nSPS) is 11.2. The lowest BCUT2D eigenvalue weighted by Gasteiger charge is -2.21. The Labute approximate surface area is 247 Å². The standard InChI is InChI=1S/C33H31F2N5O3/c1-4-20-8-7-9-21(5-2)29(20)40-31(28-14-15-39(6-3)38-28)37-32(42)26(33(40)43)16-19-10-12-23(27(35)17-19)25-18-22(34)11-13-24(25)30(36)41/h7-15,17-18,43H,4-6,16H2,1-3H3,(H2,36,41). The zero-order valence-corrected chi connectivity index (χ0v) is 24.1. The van der Waals surface area contributed by atoms with Gasteiger partial charge in [-0.05, 0) is 66.8 Å². The Kier molecular flexibility index (Phi) is 8.20. The summed E-state index contributed by atoms with van der Waals surface area (Å²) in [5.41, 5.74) is 8.07. The van der Waals surface area contributed by atoms with Crippen molar-refractivity contribution in [2.24, 2.45) is 5.73 Å². The third-order valence-corrected chi connectivity index (χ3v) is 7.49. The van der Waals surface area contributed by atoms with E-state index in [4.69, 9.17) is 5.73 Å². The highest BCUT2D eigenvalue weighted by Crippen LogP contribution is 2.33. The highest BCUT2D eigenvalue weighted by Gasteiger charge is 2.24. The molecule has 0 saturated carbocycles. The molecule has 0 atom stereocenters. The molecule has 0 aliphatic rings. The molecule has 0 fully saturated rings. The van der Waals surface area contributed by atoms with Gasteiger partial charge < -0.3 is 10.8 Å². The van der Waals surface area contributed by atoms with Crippen LogP contribution in [0.3, 0.4) is 0 Å². The third-order valence-electron chi connectivity index (χ3n) is 7.49. The molecule has 0 bridgehead atoms. The molecule has 0 unspecified atom stereocenters. The number of hydrogen-bond acceptors (Lipinski definition) is 5. The highest BCUT2D eigenvalue weighted by atomic mass is 19.1. The predicted octanol–water partition coefficient (Wildman–Crippen LogP) is 5.58. The number of nitrogens with zero attached hydrogens (tertiary/aromatic N) is 4. The SMILES string of the molecule is CCc1cccc(CC)c1-n1c(-c2ccn(CC)n2)nc(=O)c(Cc2ccc(-c3cc(F)ccc3C(N)=O)c(F)c2)c1O. The fourth-order valence-corrected chi connectivity index (χ4v) is 5.29. The van der Waals surface area contributed by atoms with Crippen molar-refractivity contribution in [2.75, 3.05) is 0 Å². The maximum absolute atomic E-state index is 15.4. The Morgan fingerprint density at radius 2 is 1.67 bits per heavy atom. The first kappa shape index (κ1) is 29.4. The van der Waals surface area contributed by atoms with Gasteiger partial charge in [0.2, 0.25) is 11.8 Å². The van der Waals surface area contributed by atoms with E-state index in [9.17, 15) is 19.1 Å². The number of rotatable bonds is 9. The number of para-hydroxylation sites is 1. The average molecular weight is 584 g/mol. The van der Waals surface area contributed by atoms with Gasteiger partial charge in [-0.3, -0.25) is 18.8 Å². The monoisotopic (exact) mass is 583 g/mol. The summed E-state index contributed by atoms with van der Waals surface area (Å²) in [7, 11) is 0. The second kappa shape index (κ2) is 12.0. The van der Waals surface area contributed by atoms with Crippen LogP contribution < -0.4 is 11.3 Å². The summed E-state index contributed by atoms with van der Waals surface area (Å²) in [6.45, 7) is 6.56. The fourth-order valence-electron chi connectivity index (χ4n) is 5.29. The summed E-state index contributed by atoms with van der Waals surface area (Å²) in [4.78, 5) is 29.7. The van der Waals surface area contributed by atoms with Crippen molar-refractivity contribution in [3.8, 4) is 34.2 Å². The van der Waals surface area contributed by atoms with Crippen LogP contribution in [0.4, 0.5) is 8.78 Å². The van der Waals surface area contributed by atoms with Crippen LogP contribution >= 0.6 is 0 Å². The number of benzene rings is 3. The molecule has 8 nitrogen and oxygen atoms in total. The van der Waals surface area contributed by atoms with Gasteiger partial charge >= 0.3 is 0 Å². The number of aromatic hydroxyl groups is 1. The lowest BCUT2D eigenvalue weighted by Crippen LogP contribution is -2.21. The third kappa shape index (κ3) is 5.55. The molecule has 0 saturated heterocycles. The quantitative estimate of drug-likeness (QED) is 0.235. The molecule has 10 heteroatoms. The maximum atomic E-state index is 15.4. The van der Waals surface area contributed by atoms with Gasteiger partial charge in [-0.15, -0.1) is 0 Å². The number of halogens is 2. The van der Waals surface area contributed by atoms with Crippen molar-refractivity contribution in [3.05, 3.63) is 117 Å². The second-order valence-corrected chi connectivity index (χ2v) is 10.1. The fraction of sp³-hybridized carbons (Fsp3) is 0.212. The number of primary amides is 1. The second-order valence-electron chi connectivity index (χ2n) is 10.1. The van der Waals surface area contributed by atoms with E-state index in [1.807, 2.05) is 39.0 Å². The van der Waals surface area contributed by atoms with Crippen molar-refractivity contribution in [2.45, 2.75) is 46.6 Å². The highest BCUT2D eigenvalue weighted by molar-refractivity contribution is 5.99. The van der Waals surface area contributed by atoms with Crippen LogP contribution in [0.2, 0.25) is 0 Å². The zero-order valence-electron chi connectivity index (χ0n) is 24.1. The molecule has 0 spiro atoms. The summed E-state index contributed by atoms with van der Waals surface area (Å²) < 4.78 is 32.7. The van der Waals surface area contributed by atoms with Crippen molar-refractivity contribution >= 4 is 5.91 Å². The van der Waals surface area contributed by atoms with Crippen molar-refractivity contribution in [1.29, 1.82) is 0 Å². The molecule has 0 aliphatic heterocycles. The van der Waals surface area contributed by atoms with E-state index in [0.29, 0.717) is 36.3 Å². The smallest absolute Gasteiger partial charge is 0.280 e. The topological polar surface area (TPSA) is 116 Å². The molecule has 5 aromatic rings. The molecule has 5 rings (SSSR count). The van der Waals surface area contributed by atoms with E-state index in [2.05, 4.69) is 10.1 Å². The Balaban J connectivity index is 1.67. The van der Waals surface area contributed by atoms with Crippen LogP contribution in [0.15, 0.2) is 71.7 Å². The minimum Gasteiger partial charge on any atom is -0.494 e. The number of hydrogen-bond donors (Lipinski definition) is 2. The number of nitrogens with two attached hydrogens (primary N) is 1. The van der Waals surface area contributed by atoms with E-state index in [0.717, 1.165) is 23.3 Å². The van der Waals surface area contributed by atoms with Gasteiger partial charge in [-0.2, -0.15) is 10.1 Å². The van der Waals surface area contributed by atoms with E-state index in [1.165, 1.54) is 18.2 Å². The number of aryl methyl sites for hydroxylation is 3. The largest absolute Gasteiger partial charge is 0.494 e. The summed E-state index contributed by atoms with van der Waals surface area (Å²) in [5.74, 6) is -2.34. The number of amides is 1. The summed E-state index contributed by atoms with van der Waals surface area (Å²) in [6, 6.07) is 15.1. The van der Waals surface area contributed by atoms with E-state index >= 15 is 4.39 Å². The van der Waals surface area contributed by atoms with Crippen LogP contribution in [0.25, 0.3) is 28.3 Å². The summed E-state index contributed by atoms with van der Waals surface area (Å²) >= 11 is 0. The van der Waals surface area contributed by atoms with Crippen LogP contribution in [-0.2, 0) is 25.8 Å². The molecular weight excluding hydrogens is 552 g/mol. The summed E-state index contributed by atoms with van der Waals surface area (Å²) in [5, 5.41) is 16.3. The molecule has 3 aromatic carbocycles. The van der Waals surface area contributed by atoms with Crippen molar-refractivity contribution in [1.82, 2.24) is 19.3 Å². The molecule has 220 valence electrons. The van der Waals surface area contributed by atoms with Gasteiger partial charge in [0.25, 0.3) is 5.56 Å². The van der Waals surface area contributed by atoms with Gasteiger partial charge in [0.15, 0.2) is 5.82 Å². The van der Waals surface area contributed by atoms with E-state index in [1.54, 1.807) is 27.6 Å². The Hall–Kier alpha value is -5.12. The predicted molar refractivity (Wildman–Crippen MR) is 160 cm³/mol. The molecular formula is C33H31F2N5O3. The lowest BCUT2D eigenvalue weighted by molar-refractivity contribution is 0.100. The summed E-state index contributed by atoms with van der Waals surface area (Å²) in [6.07, 6.45) is 2.95. The minimum absolute atomic E-state index is 0.0163. The van der Waals surface area contributed by atoms with Crippen LogP contribution in [0.1, 0.15) is 53.4 Å². The Bertz CT molecular complexity index is 1890. The van der Waals surface area contributed by atoms with Gasteiger partial charge in [0.1, 0.15) is 17.3 Å². The van der Waals surface area contributed by atoms with Gasteiger partial charge in [0, 0.05) is 35.9 Å². The first-order valence-electron chi connectivity index (χ1n) is 14.0. The molecule has 0 aliphatic carbocycles. The Morgan fingerprint density at radius 3 is 2.28 bits per heavy atom. The van der Waals surface area contributed by atoms with Crippen LogP contribution in [0, 0.1) is 11.6 Å². The average Bonchev–Trinajstić information content (AvgIpc) is 3.48. The zero-order chi connectivity index (χ0) is 30.8. The molecule has 2 heterocycles. The molecule has 0 radical (unpaired) electrons. The van der Waals surface area contributed by atoms with Gasteiger partial charge in [-0.25, -0.2) is 8.78 Å². The number of carbonyl (C=O) groups is 1. The van der Waals surface area contributed by atoms with Crippen molar-refractivity contribution < 1.29 is 18.7 Å². The maximum Gasteiger partial charge on any atom is 0.280 e. The number of aromatic nitrogens is 4. The van der Waals surface area contributed by atoms with E-state index in [-0.39, 0.29) is 40.4 Å². The molecule has 1 amide bonds. The first-order chi connectivity index (χ1) is 20.7. The van der Waals surface area contributed by atoms with Crippen LogP contribution in [0.5, 0.6) is 5.88 Å². The lowest BCUT2D eigenvalue weighted by atomic mass is 9.96. The van der Waals surface area contributed by atoms with Crippen LogP contribution in [-0.4, -0.2) is 30.3 Å². The van der Waals surface area contributed by atoms with Gasteiger partial charge in [-0.1, -0.05) is 44.2 Å². The van der Waals surface area contributed by atoms with Gasteiger partial charge in [0.05, 0.1) is 11.3 Å². The van der Waals surface area contributed by atoms with Crippen molar-refractivity contribution in [3.63, 3.8) is 0 Å². The molecule has 43 heavy (non-hydrogen) atoms. The Morgan fingerprint density at radius 1 is 0.953 bits per heavy atom.